The lowest BCUT2D eigenvalue weighted by atomic mass is 10.1. The Labute approximate surface area is 126 Å². The average Bonchev–Trinajstić information content (AvgIpc) is 2.45. The average molecular weight is 344 g/mol. The normalized spacial score (nSPS) is 13.4. The second-order valence-corrected chi connectivity index (χ2v) is 5.03. The van der Waals surface area contributed by atoms with Crippen molar-refractivity contribution < 1.29 is 19.1 Å². The number of halogens is 1. The number of esters is 1. The molecule has 0 spiro atoms. The molecule has 0 bridgehead atoms. The maximum Gasteiger partial charge on any atom is 0.333 e. The lowest BCUT2D eigenvalue weighted by Crippen LogP contribution is -2.40. The van der Waals surface area contributed by atoms with Crippen LogP contribution in [0.1, 0.15) is 25.5 Å². The summed E-state index contributed by atoms with van der Waals surface area (Å²) in [6.45, 7) is 3.86. The first kappa shape index (κ1) is 16.7. The minimum atomic E-state index is -0.844. The van der Waals surface area contributed by atoms with Gasteiger partial charge in [-0.1, -0.05) is 28.1 Å². The summed E-state index contributed by atoms with van der Waals surface area (Å²) < 4.78 is 10.8. The number of methoxy groups -OCH3 is 1. The first-order valence-electron chi connectivity index (χ1n) is 6.24. The molecule has 0 aliphatic heterocycles. The monoisotopic (exact) mass is 343 g/mol. The van der Waals surface area contributed by atoms with Gasteiger partial charge in [0.2, 0.25) is 5.91 Å². The van der Waals surface area contributed by atoms with Crippen molar-refractivity contribution in [2.45, 2.75) is 26.0 Å². The summed E-state index contributed by atoms with van der Waals surface area (Å²) >= 11 is 3.32. The molecular weight excluding hydrogens is 326 g/mol. The van der Waals surface area contributed by atoms with Crippen LogP contribution in [0.3, 0.4) is 0 Å². The molecule has 1 rings (SSSR count). The second-order valence-electron chi connectivity index (χ2n) is 4.11. The first-order chi connectivity index (χ1) is 9.49. The summed E-state index contributed by atoms with van der Waals surface area (Å²) in [6, 6.07) is 6.24. The van der Waals surface area contributed by atoms with Crippen molar-refractivity contribution in [3.8, 4) is 0 Å². The molecule has 1 amide bonds. The number of amides is 1. The Bertz CT molecular complexity index is 461. The Morgan fingerprint density at radius 3 is 2.40 bits per heavy atom. The van der Waals surface area contributed by atoms with Gasteiger partial charge in [0.1, 0.15) is 6.10 Å². The van der Waals surface area contributed by atoms with Crippen LogP contribution in [0, 0.1) is 0 Å². The fourth-order valence-electron chi connectivity index (χ4n) is 1.64. The molecule has 2 atom stereocenters. The van der Waals surface area contributed by atoms with Crippen LogP contribution in [0.25, 0.3) is 0 Å². The number of nitrogens with one attached hydrogen (secondary N) is 1. The van der Waals surface area contributed by atoms with Gasteiger partial charge >= 0.3 is 5.97 Å². The standard InChI is InChI=1S/C14H18BrNO4/c1-4-20-9(2)13(17)16-12(14(18)19-3)10-5-7-11(15)8-6-10/h5-9,12H,4H2,1-3H3,(H,16,17)/t9-,12-/m0/s1. The van der Waals surface area contributed by atoms with Crippen LogP contribution >= 0.6 is 15.9 Å². The van der Waals surface area contributed by atoms with Crippen LogP contribution < -0.4 is 5.32 Å². The van der Waals surface area contributed by atoms with Gasteiger partial charge in [0.15, 0.2) is 6.04 Å². The van der Waals surface area contributed by atoms with Gasteiger partial charge in [-0.05, 0) is 31.5 Å². The number of hydrogen-bond acceptors (Lipinski definition) is 4. The van der Waals surface area contributed by atoms with Crippen molar-refractivity contribution in [3.05, 3.63) is 34.3 Å². The highest BCUT2D eigenvalue weighted by Gasteiger charge is 2.25. The maximum atomic E-state index is 12.0. The number of carbonyl (C=O) groups excluding carboxylic acids is 2. The van der Waals surface area contributed by atoms with E-state index in [9.17, 15) is 9.59 Å². The van der Waals surface area contributed by atoms with E-state index in [0.29, 0.717) is 12.2 Å². The van der Waals surface area contributed by atoms with E-state index in [4.69, 9.17) is 9.47 Å². The molecule has 0 saturated carbocycles. The molecule has 0 aromatic heterocycles. The van der Waals surface area contributed by atoms with E-state index in [1.807, 2.05) is 0 Å². The van der Waals surface area contributed by atoms with Crippen molar-refractivity contribution in [3.63, 3.8) is 0 Å². The van der Waals surface area contributed by atoms with Crippen LogP contribution in [-0.2, 0) is 19.1 Å². The fraction of sp³-hybridized carbons (Fsp3) is 0.429. The van der Waals surface area contributed by atoms with Gasteiger partial charge < -0.3 is 14.8 Å². The van der Waals surface area contributed by atoms with Gasteiger partial charge in [0, 0.05) is 11.1 Å². The highest BCUT2D eigenvalue weighted by Crippen LogP contribution is 2.18. The van der Waals surface area contributed by atoms with Gasteiger partial charge in [-0.25, -0.2) is 4.79 Å². The third-order valence-electron chi connectivity index (χ3n) is 2.71. The predicted molar refractivity (Wildman–Crippen MR) is 78.1 cm³/mol. The van der Waals surface area contributed by atoms with Crippen molar-refractivity contribution in [1.82, 2.24) is 5.32 Å². The molecular formula is C14H18BrNO4. The molecule has 110 valence electrons. The third kappa shape index (κ3) is 4.61. The van der Waals surface area contributed by atoms with Gasteiger partial charge in [0.05, 0.1) is 7.11 Å². The summed E-state index contributed by atoms with van der Waals surface area (Å²) in [4.78, 5) is 23.8. The minimum Gasteiger partial charge on any atom is -0.467 e. The Morgan fingerprint density at radius 2 is 1.90 bits per heavy atom. The van der Waals surface area contributed by atoms with E-state index < -0.39 is 18.1 Å². The Morgan fingerprint density at radius 1 is 1.30 bits per heavy atom. The molecule has 0 heterocycles. The molecule has 1 aromatic rings. The lowest BCUT2D eigenvalue weighted by Gasteiger charge is -2.19. The molecule has 0 fully saturated rings. The third-order valence-corrected chi connectivity index (χ3v) is 3.24. The number of ether oxygens (including phenoxy) is 2. The lowest BCUT2D eigenvalue weighted by molar-refractivity contribution is -0.147. The molecule has 20 heavy (non-hydrogen) atoms. The van der Waals surface area contributed by atoms with E-state index in [0.717, 1.165) is 4.47 Å². The molecule has 0 aliphatic rings. The van der Waals surface area contributed by atoms with Crippen molar-refractivity contribution in [1.29, 1.82) is 0 Å². The van der Waals surface area contributed by atoms with E-state index in [-0.39, 0.29) is 5.91 Å². The van der Waals surface area contributed by atoms with Crippen molar-refractivity contribution in [2.75, 3.05) is 13.7 Å². The maximum absolute atomic E-state index is 12.0. The second kappa shape index (κ2) is 8.01. The topological polar surface area (TPSA) is 64.6 Å². The van der Waals surface area contributed by atoms with Crippen molar-refractivity contribution in [2.24, 2.45) is 0 Å². The minimum absolute atomic E-state index is 0.356. The van der Waals surface area contributed by atoms with E-state index in [1.165, 1.54) is 7.11 Å². The summed E-state index contributed by atoms with van der Waals surface area (Å²) in [5.74, 6) is -0.880. The molecule has 1 aromatic carbocycles. The summed E-state index contributed by atoms with van der Waals surface area (Å²) in [6.07, 6.45) is -0.623. The highest BCUT2D eigenvalue weighted by atomic mass is 79.9. The van der Waals surface area contributed by atoms with Gasteiger partial charge in [-0.2, -0.15) is 0 Å². The van der Waals surface area contributed by atoms with E-state index in [1.54, 1.807) is 38.1 Å². The van der Waals surface area contributed by atoms with Crippen molar-refractivity contribution >= 4 is 27.8 Å². The number of benzene rings is 1. The van der Waals surface area contributed by atoms with Gasteiger partial charge in [0.25, 0.3) is 0 Å². The quantitative estimate of drug-likeness (QED) is 0.804. The number of hydrogen-bond donors (Lipinski definition) is 1. The predicted octanol–water partition coefficient (Wildman–Crippen LogP) is 2.20. The molecule has 5 nitrogen and oxygen atoms in total. The summed E-state index contributed by atoms with van der Waals surface area (Å²) in [5, 5.41) is 2.63. The SMILES string of the molecule is CCO[C@@H](C)C(=O)N[C@H](C(=O)OC)c1ccc(Br)cc1. The summed E-state index contributed by atoms with van der Waals surface area (Å²) in [5.41, 5.74) is 0.650. The number of rotatable bonds is 6. The molecule has 6 heteroatoms. The van der Waals surface area contributed by atoms with E-state index >= 15 is 0 Å². The zero-order valence-corrected chi connectivity index (χ0v) is 13.3. The van der Waals surface area contributed by atoms with E-state index in [2.05, 4.69) is 21.2 Å². The molecule has 0 saturated heterocycles. The molecule has 0 radical (unpaired) electrons. The summed E-state index contributed by atoms with van der Waals surface area (Å²) in [7, 11) is 1.28. The van der Waals surface area contributed by atoms with Crippen LogP contribution in [0.15, 0.2) is 28.7 Å². The Balaban J connectivity index is 2.88. The number of carbonyl (C=O) groups is 2. The van der Waals surface area contributed by atoms with Crippen LogP contribution in [0.2, 0.25) is 0 Å². The van der Waals surface area contributed by atoms with Crippen LogP contribution in [0.4, 0.5) is 0 Å². The zero-order valence-electron chi connectivity index (χ0n) is 11.7. The Kier molecular flexibility index (Phi) is 6.67. The van der Waals surface area contributed by atoms with Gasteiger partial charge in [-0.15, -0.1) is 0 Å². The molecule has 1 N–H and O–H groups in total. The smallest absolute Gasteiger partial charge is 0.333 e. The largest absolute Gasteiger partial charge is 0.467 e. The first-order valence-corrected chi connectivity index (χ1v) is 7.04. The Hall–Kier alpha value is -1.40. The molecule has 0 unspecified atom stereocenters. The molecule has 0 aliphatic carbocycles. The zero-order chi connectivity index (χ0) is 15.1. The van der Waals surface area contributed by atoms with Gasteiger partial charge in [-0.3, -0.25) is 4.79 Å². The fourth-order valence-corrected chi connectivity index (χ4v) is 1.90. The van der Waals surface area contributed by atoms with Crippen LogP contribution in [-0.4, -0.2) is 31.7 Å². The van der Waals surface area contributed by atoms with Crippen LogP contribution in [0.5, 0.6) is 0 Å². The highest BCUT2D eigenvalue weighted by molar-refractivity contribution is 9.10.